The van der Waals surface area contributed by atoms with Gasteiger partial charge in [0, 0.05) is 24.7 Å². The highest BCUT2D eigenvalue weighted by atomic mass is 16.5. The van der Waals surface area contributed by atoms with Gasteiger partial charge in [-0.2, -0.15) is 0 Å². The Kier molecular flexibility index (Phi) is 3.88. The molecular formula is C13H26N2O. The fourth-order valence-corrected chi connectivity index (χ4v) is 3.12. The monoisotopic (exact) mass is 226 g/mol. The van der Waals surface area contributed by atoms with Gasteiger partial charge in [-0.1, -0.05) is 19.8 Å². The number of hydrogen-bond donors (Lipinski definition) is 1. The Labute approximate surface area is 99.3 Å². The van der Waals surface area contributed by atoms with Gasteiger partial charge in [0.2, 0.25) is 0 Å². The molecule has 0 amide bonds. The van der Waals surface area contributed by atoms with Crippen LogP contribution < -0.4 is 5.73 Å². The Morgan fingerprint density at radius 2 is 2.06 bits per heavy atom. The summed E-state index contributed by atoms with van der Waals surface area (Å²) in [4.78, 5) is 2.57. The number of rotatable bonds is 3. The maximum Gasteiger partial charge on any atom is 0.0674 e. The van der Waals surface area contributed by atoms with Gasteiger partial charge >= 0.3 is 0 Å². The van der Waals surface area contributed by atoms with E-state index in [2.05, 4.69) is 18.7 Å². The van der Waals surface area contributed by atoms with Crippen molar-refractivity contribution in [2.45, 2.75) is 63.6 Å². The molecule has 2 N–H and O–H groups in total. The van der Waals surface area contributed by atoms with Crippen LogP contribution in [0.15, 0.2) is 0 Å². The van der Waals surface area contributed by atoms with Crippen LogP contribution in [-0.4, -0.2) is 42.3 Å². The zero-order valence-corrected chi connectivity index (χ0v) is 10.7. The molecule has 1 saturated heterocycles. The number of nitrogens with two attached hydrogens (primary N) is 1. The zero-order chi connectivity index (χ0) is 11.6. The molecule has 0 radical (unpaired) electrons. The van der Waals surface area contributed by atoms with E-state index in [-0.39, 0.29) is 5.54 Å². The normalized spacial score (nSPS) is 35.4. The third kappa shape index (κ3) is 2.76. The highest BCUT2D eigenvalue weighted by Gasteiger charge is 2.35. The Morgan fingerprint density at radius 1 is 1.38 bits per heavy atom. The molecular weight excluding hydrogens is 200 g/mol. The van der Waals surface area contributed by atoms with Gasteiger partial charge in [0.05, 0.1) is 12.7 Å². The largest absolute Gasteiger partial charge is 0.376 e. The van der Waals surface area contributed by atoms with E-state index in [1.807, 2.05) is 0 Å². The molecule has 2 rings (SSSR count). The molecule has 0 bridgehead atoms. The van der Waals surface area contributed by atoms with Crippen LogP contribution in [0.1, 0.15) is 46.0 Å². The summed E-state index contributed by atoms with van der Waals surface area (Å²) in [6.07, 6.45) is 6.57. The summed E-state index contributed by atoms with van der Waals surface area (Å²) < 4.78 is 5.73. The van der Waals surface area contributed by atoms with Gasteiger partial charge < -0.3 is 10.5 Å². The fourth-order valence-electron chi connectivity index (χ4n) is 3.12. The standard InChI is InChI=1S/C13H26N2O/c1-3-12-9-16-11(2)8-15(12)10-13(14)6-4-5-7-13/h11-12H,3-10,14H2,1-2H3. The smallest absolute Gasteiger partial charge is 0.0674 e. The Morgan fingerprint density at radius 3 is 2.69 bits per heavy atom. The predicted octanol–water partition coefficient (Wildman–Crippen LogP) is 1.76. The molecule has 3 heteroatoms. The van der Waals surface area contributed by atoms with Crippen LogP contribution in [0.5, 0.6) is 0 Å². The van der Waals surface area contributed by atoms with Gasteiger partial charge in [-0.15, -0.1) is 0 Å². The molecule has 1 aliphatic heterocycles. The molecule has 0 aromatic heterocycles. The third-order valence-corrected chi connectivity index (χ3v) is 4.17. The highest BCUT2D eigenvalue weighted by molar-refractivity contribution is 4.94. The molecule has 1 aliphatic carbocycles. The summed E-state index contributed by atoms with van der Waals surface area (Å²) in [6.45, 7) is 7.41. The fraction of sp³-hybridized carbons (Fsp3) is 1.00. The number of morpholine rings is 1. The van der Waals surface area contributed by atoms with E-state index in [9.17, 15) is 0 Å². The molecule has 3 nitrogen and oxygen atoms in total. The first-order valence-electron chi connectivity index (χ1n) is 6.77. The van der Waals surface area contributed by atoms with Gasteiger partial charge in [0.25, 0.3) is 0 Å². The molecule has 1 heterocycles. The second kappa shape index (κ2) is 5.03. The molecule has 0 aromatic carbocycles. The lowest BCUT2D eigenvalue weighted by atomic mass is 9.96. The van der Waals surface area contributed by atoms with Crippen LogP contribution in [0.4, 0.5) is 0 Å². The van der Waals surface area contributed by atoms with Crippen molar-refractivity contribution in [3.63, 3.8) is 0 Å². The minimum absolute atomic E-state index is 0.0878. The molecule has 2 fully saturated rings. The van der Waals surface area contributed by atoms with Crippen molar-refractivity contribution >= 4 is 0 Å². The lowest BCUT2D eigenvalue weighted by Gasteiger charge is -2.42. The van der Waals surface area contributed by atoms with E-state index in [0.29, 0.717) is 12.1 Å². The molecule has 1 saturated carbocycles. The van der Waals surface area contributed by atoms with Crippen LogP contribution in [0.3, 0.4) is 0 Å². The summed E-state index contributed by atoms with van der Waals surface area (Å²) in [5.41, 5.74) is 6.56. The van der Waals surface area contributed by atoms with E-state index in [0.717, 1.165) is 19.7 Å². The van der Waals surface area contributed by atoms with Crippen molar-refractivity contribution < 1.29 is 4.74 Å². The van der Waals surface area contributed by atoms with Crippen molar-refractivity contribution in [2.75, 3.05) is 19.7 Å². The second-order valence-electron chi connectivity index (χ2n) is 5.70. The molecule has 0 aromatic rings. The zero-order valence-electron chi connectivity index (χ0n) is 10.7. The number of nitrogens with zero attached hydrogens (tertiary/aromatic N) is 1. The first kappa shape index (κ1) is 12.3. The van der Waals surface area contributed by atoms with E-state index < -0.39 is 0 Å². The third-order valence-electron chi connectivity index (χ3n) is 4.17. The minimum atomic E-state index is 0.0878. The average Bonchev–Trinajstić information content (AvgIpc) is 2.65. The summed E-state index contributed by atoms with van der Waals surface area (Å²) >= 11 is 0. The van der Waals surface area contributed by atoms with Crippen molar-refractivity contribution in [2.24, 2.45) is 5.73 Å². The Balaban J connectivity index is 1.94. The van der Waals surface area contributed by atoms with Gasteiger partial charge in [0.15, 0.2) is 0 Å². The van der Waals surface area contributed by atoms with Crippen molar-refractivity contribution in [3.05, 3.63) is 0 Å². The maximum absolute atomic E-state index is 6.47. The number of ether oxygens (including phenoxy) is 1. The lowest BCUT2D eigenvalue weighted by Crippen LogP contribution is -2.56. The quantitative estimate of drug-likeness (QED) is 0.797. The van der Waals surface area contributed by atoms with Crippen LogP contribution in [-0.2, 0) is 4.74 Å². The lowest BCUT2D eigenvalue weighted by molar-refractivity contribution is -0.0621. The van der Waals surface area contributed by atoms with Crippen LogP contribution in [0, 0.1) is 0 Å². The van der Waals surface area contributed by atoms with Crippen molar-refractivity contribution in [1.29, 1.82) is 0 Å². The Hall–Kier alpha value is -0.120. The second-order valence-corrected chi connectivity index (χ2v) is 5.70. The first-order chi connectivity index (χ1) is 7.63. The highest BCUT2D eigenvalue weighted by Crippen LogP contribution is 2.29. The van der Waals surface area contributed by atoms with Gasteiger partial charge in [0.1, 0.15) is 0 Å². The molecule has 94 valence electrons. The van der Waals surface area contributed by atoms with E-state index in [1.165, 1.54) is 32.1 Å². The van der Waals surface area contributed by atoms with Gasteiger partial charge in [-0.3, -0.25) is 4.90 Å². The summed E-state index contributed by atoms with van der Waals surface area (Å²) in [5, 5.41) is 0. The molecule has 2 unspecified atom stereocenters. The number of hydrogen-bond acceptors (Lipinski definition) is 3. The molecule has 2 aliphatic rings. The van der Waals surface area contributed by atoms with E-state index in [4.69, 9.17) is 10.5 Å². The Bertz CT molecular complexity index is 226. The van der Waals surface area contributed by atoms with E-state index in [1.54, 1.807) is 0 Å². The minimum Gasteiger partial charge on any atom is -0.376 e. The van der Waals surface area contributed by atoms with Crippen LogP contribution in [0.25, 0.3) is 0 Å². The molecule has 16 heavy (non-hydrogen) atoms. The van der Waals surface area contributed by atoms with Gasteiger partial charge in [-0.05, 0) is 26.2 Å². The molecule has 2 atom stereocenters. The van der Waals surface area contributed by atoms with Crippen LogP contribution in [0.2, 0.25) is 0 Å². The van der Waals surface area contributed by atoms with Gasteiger partial charge in [-0.25, -0.2) is 0 Å². The molecule has 0 spiro atoms. The predicted molar refractivity (Wildman–Crippen MR) is 66.5 cm³/mol. The maximum atomic E-state index is 6.47. The topological polar surface area (TPSA) is 38.5 Å². The van der Waals surface area contributed by atoms with Crippen molar-refractivity contribution in [1.82, 2.24) is 4.90 Å². The average molecular weight is 226 g/mol. The summed E-state index contributed by atoms with van der Waals surface area (Å²) in [5.74, 6) is 0. The SMILES string of the molecule is CCC1COC(C)CN1CC1(N)CCCC1. The van der Waals surface area contributed by atoms with Crippen molar-refractivity contribution in [3.8, 4) is 0 Å². The summed E-state index contributed by atoms with van der Waals surface area (Å²) in [7, 11) is 0. The first-order valence-corrected chi connectivity index (χ1v) is 6.77. The van der Waals surface area contributed by atoms with E-state index >= 15 is 0 Å². The van der Waals surface area contributed by atoms with Crippen LogP contribution >= 0.6 is 0 Å². The summed E-state index contributed by atoms with van der Waals surface area (Å²) in [6, 6.07) is 0.581.